The van der Waals surface area contributed by atoms with E-state index in [9.17, 15) is 0 Å². The normalized spacial score (nSPS) is 29.0. The summed E-state index contributed by atoms with van der Waals surface area (Å²) in [5, 5.41) is 3.67. The molecule has 0 spiro atoms. The van der Waals surface area contributed by atoms with Gasteiger partial charge in [-0.25, -0.2) is 0 Å². The van der Waals surface area contributed by atoms with E-state index in [0.717, 1.165) is 12.5 Å². The van der Waals surface area contributed by atoms with Gasteiger partial charge in [0.25, 0.3) is 0 Å². The lowest BCUT2D eigenvalue weighted by Gasteiger charge is -2.40. The van der Waals surface area contributed by atoms with Gasteiger partial charge >= 0.3 is 0 Å². The van der Waals surface area contributed by atoms with Crippen LogP contribution in [0.1, 0.15) is 38.2 Å². The zero-order chi connectivity index (χ0) is 12.3. The fourth-order valence-corrected chi connectivity index (χ4v) is 2.64. The average Bonchev–Trinajstić information content (AvgIpc) is 2.35. The first kappa shape index (κ1) is 12.4. The Hall–Kier alpha value is -1.02. The Kier molecular flexibility index (Phi) is 3.72. The molecule has 17 heavy (non-hydrogen) atoms. The van der Waals surface area contributed by atoms with Crippen LogP contribution < -0.4 is 11.1 Å². The molecule has 1 saturated carbocycles. The minimum Gasteiger partial charge on any atom is -0.378 e. The number of hydrogen-bond donors (Lipinski definition) is 2. The van der Waals surface area contributed by atoms with Crippen LogP contribution in [0.2, 0.25) is 0 Å². The van der Waals surface area contributed by atoms with E-state index in [1.807, 2.05) is 0 Å². The van der Waals surface area contributed by atoms with Crippen LogP contribution in [0.15, 0.2) is 24.3 Å². The number of benzene rings is 1. The van der Waals surface area contributed by atoms with E-state index in [1.54, 1.807) is 0 Å². The van der Waals surface area contributed by atoms with Gasteiger partial charge in [0.2, 0.25) is 0 Å². The SMILES string of the molecule is Cc1ccc(NC2(CN)CCC(C)CC2)cc1. The van der Waals surface area contributed by atoms with Crippen molar-refractivity contribution in [3.8, 4) is 0 Å². The Morgan fingerprint density at radius 3 is 2.35 bits per heavy atom. The Bertz CT molecular complexity index is 348. The largest absolute Gasteiger partial charge is 0.378 e. The molecule has 0 saturated heterocycles. The van der Waals surface area contributed by atoms with E-state index in [1.165, 1.54) is 36.9 Å². The Labute approximate surface area is 105 Å². The van der Waals surface area contributed by atoms with Gasteiger partial charge in [-0.2, -0.15) is 0 Å². The summed E-state index contributed by atoms with van der Waals surface area (Å²) in [5.74, 6) is 0.856. The van der Waals surface area contributed by atoms with Crippen molar-refractivity contribution >= 4 is 5.69 Å². The van der Waals surface area contributed by atoms with Gasteiger partial charge in [0.15, 0.2) is 0 Å². The smallest absolute Gasteiger partial charge is 0.0495 e. The van der Waals surface area contributed by atoms with Crippen LogP contribution in [0, 0.1) is 12.8 Å². The predicted molar refractivity (Wildman–Crippen MR) is 74.2 cm³/mol. The highest BCUT2D eigenvalue weighted by Gasteiger charge is 2.32. The number of nitrogens with two attached hydrogens (primary N) is 1. The molecular weight excluding hydrogens is 208 g/mol. The van der Waals surface area contributed by atoms with Gasteiger partial charge in [0.05, 0.1) is 0 Å². The summed E-state index contributed by atoms with van der Waals surface area (Å²) in [6, 6.07) is 8.62. The van der Waals surface area contributed by atoms with Gasteiger partial charge < -0.3 is 11.1 Å². The molecule has 0 unspecified atom stereocenters. The van der Waals surface area contributed by atoms with Gasteiger partial charge in [-0.1, -0.05) is 24.6 Å². The summed E-state index contributed by atoms with van der Waals surface area (Å²) in [7, 11) is 0. The van der Waals surface area contributed by atoms with Crippen LogP contribution in [0.4, 0.5) is 5.69 Å². The number of anilines is 1. The summed E-state index contributed by atoms with van der Waals surface area (Å²) < 4.78 is 0. The summed E-state index contributed by atoms with van der Waals surface area (Å²) in [4.78, 5) is 0. The molecule has 2 heteroatoms. The maximum absolute atomic E-state index is 6.00. The molecule has 0 radical (unpaired) electrons. The van der Waals surface area contributed by atoms with Gasteiger partial charge in [0, 0.05) is 17.8 Å². The minimum atomic E-state index is 0.127. The van der Waals surface area contributed by atoms with Gasteiger partial charge in [-0.05, 0) is 50.7 Å². The first-order valence-electron chi connectivity index (χ1n) is 6.68. The summed E-state index contributed by atoms with van der Waals surface area (Å²) in [6.45, 7) is 5.19. The quantitative estimate of drug-likeness (QED) is 0.839. The fourth-order valence-electron chi connectivity index (χ4n) is 2.64. The fraction of sp³-hybridized carbons (Fsp3) is 0.600. The monoisotopic (exact) mass is 232 g/mol. The van der Waals surface area contributed by atoms with Gasteiger partial charge in [0.1, 0.15) is 0 Å². The van der Waals surface area contributed by atoms with Crippen molar-refractivity contribution in [2.45, 2.75) is 45.1 Å². The standard InChI is InChI=1S/C15H24N2/c1-12-3-5-14(6-4-12)17-15(11-16)9-7-13(2)8-10-15/h3-6,13,17H,7-11,16H2,1-2H3. The van der Waals surface area contributed by atoms with E-state index in [4.69, 9.17) is 5.73 Å². The van der Waals surface area contributed by atoms with Crippen molar-refractivity contribution in [2.75, 3.05) is 11.9 Å². The molecule has 1 aliphatic rings. The first-order valence-corrected chi connectivity index (χ1v) is 6.68. The molecule has 0 aliphatic heterocycles. The molecule has 0 heterocycles. The maximum atomic E-state index is 6.00. The zero-order valence-electron chi connectivity index (χ0n) is 11.0. The predicted octanol–water partition coefficient (Wildman–Crippen LogP) is 3.31. The molecule has 2 nitrogen and oxygen atoms in total. The second-order valence-corrected chi connectivity index (χ2v) is 5.66. The molecule has 3 N–H and O–H groups in total. The molecule has 1 fully saturated rings. The molecule has 94 valence electrons. The average molecular weight is 232 g/mol. The highest BCUT2D eigenvalue weighted by atomic mass is 15.0. The highest BCUT2D eigenvalue weighted by Crippen LogP contribution is 2.33. The van der Waals surface area contributed by atoms with Crippen LogP contribution in [0.25, 0.3) is 0 Å². The second kappa shape index (κ2) is 5.09. The number of aryl methyl sites for hydroxylation is 1. The molecule has 0 bridgehead atoms. The van der Waals surface area contributed by atoms with Crippen molar-refractivity contribution in [3.05, 3.63) is 29.8 Å². The van der Waals surface area contributed by atoms with Gasteiger partial charge in [-0.3, -0.25) is 0 Å². The Morgan fingerprint density at radius 1 is 1.24 bits per heavy atom. The molecule has 0 aromatic heterocycles. The Morgan fingerprint density at radius 2 is 1.82 bits per heavy atom. The molecule has 1 aromatic rings. The molecular formula is C15H24N2. The van der Waals surface area contributed by atoms with Crippen molar-refractivity contribution in [1.29, 1.82) is 0 Å². The van der Waals surface area contributed by atoms with Crippen LogP contribution in [0.5, 0.6) is 0 Å². The molecule has 0 atom stereocenters. The van der Waals surface area contributed by atoms with Crippen LogP contribution in [0.3, 0.4) is 0 Å². The maximum Gasteiger partial charge on any atom is 0.0495 e. The van der Waals surface area contributed by atoms with E-state index >= 15 is 0 Å². The molecule has 0 amide bonds. The lowest BCUT2D eigenvalue weighted by molar-refractivity contribution is 0.272. The molecule has 2 rings (SSSR count). The van der Waals surface area contributed by atoms with Gasteiger partial charge in [-0.15, -0.1) is 0 Å². The lowest BCUT2D eigenvalue weighted by atomic mass is 9.77. The summed E-state index contributed by atoms with van der Waals surface area (Å²) in [5.41, 5.74) is 8.63. The van der Waals surface area contributed by atoms with Crippen LogP contribution in [-0.2, 0) is 0 Å². The van der Waals surface area contributed by atoms with Crippen molar-refractivity contribution in [1.82, 2.24) is 0 Å². The van der Waals surface area contributed by atoms with E-state index in [2.05, 4.69) is 43.4 Å². The topological polar surface area (TPSA) is 38.0 Å². The number of nitrogens with one attached hydrogen (secondary N) is 1. The lowest BCUT2D eigenvalue weighted by Crippen LogP contribution is -2.48. The Balaban J connectivity index is 2.06. The zero-order valence-corrected chi connectivity index (χ0v) is 11.0. The van der Waals surface area contributed by atoms with E-state index in [0.29, 0.717) is 0 Å². The van der Waals surface area contributed by atoms with Crippen molar-refractivity contribution in [2.24, 2.45) is 11.7 Å². The third-order valence-electron chi connectivity index (χ3n) is 4.08. The van der Waals surface area contributed by atoms with E-state index in [-0.39, 0.29) is 5.54 Å². The first-order chi connectivity index (χ1) is 8.13. The number of rotatable bonds is 3. The summed E-state index contributed by atoms with van der Waals surface area (Å²) >= 11 is 0. The molecule has 1 aliphatic carbocycles. The highest BCUT2D eigenvalue weighted by molar-refractivity contribution is 5.47. The van der Waals surface area contributed by atoms with Crippen molar-refractivity contribution in [3.63, 3.8) is 0 Å². The van der Waals surface area contributed by atoms with E-state index < -0.39 is 0 Å². The van der Waals surface area contributed by atoms with Crippen molar-refractivity contribution < 1.29 is 0 Å². The number of hydrogen-bond acceptors (Lipinski definition) is 2. The second-order valence-electron chi connectivity index (χ2n) is 5.66. The third kappa shape index (κ3) is 3.01. The molecule has 1 aromatic carbocycles. The van der Waals surface area contributed by atoms with Crippen LogP contribution >= 0.6 is 0 Å². The summed E-state index contributed by atoms with van der Waals surface area (Å²) in [6.07, 6.45) is 4.96. The third-order valence-corrected chi connectivity index (χ3v) is 4.08. The van der Waals surface area contributed by atoms with Crippen LogP contribution in [-0.4, -0.2) is 12.1 Å². The minimum absolute atomic E-state index is 0.127.